The lowest BCUT2D eigenvalue weighted by molar-refractivity contribution is 0.390. The molecule has 1 aliphatic rings. The smallest absolute Gasteiger partial charge is 0.214 e. The number of sulfonamides is 1. The standard InChI is InChI=1S/C6H14N2O2S/c7-3-5-8-4-1-2-6-11(8,9)10/h1-7H2. The minimum atomic E-state index is -2.93. The Morgan fingerprint density at radius 3 is 2.64 bits per heavy atom. The molecule has 0 amide bonds. The van der Waals surface area contributed by atoms with Gasteiger partial charge in [0.15, 0.2) is 0 Å². The molecule has 2 N–H and O–H groups in total. The number of nitrogens with zero attached hydrogens (tertiary/aromatic N) is 1. The van der Waals surface area contributed by atoms with Crippen molar-refractivity contribution in [2.24, 2.45) is 5.73 Å². The van der Waals surface area contributed by atoms with Crippen LogP contribution < -0.4 is 5.73 Å². The van der Waals surface area contributed by atoms with Gasteiger partial charge in [-0.2, -0.15) is 0 Å². The second-order valence-electron chi connectivity index (χ2n) is 2.71. The molecule has 1 fully saturated rings. The third kappa shape index (κ3) is 2.15. The van der Waals surface area contributed by atoms with Gasteiger partial charge in [0.05, 0.1) is 5.75 Å². The lowest BCUT2D eigenvalue weighted by Gasteiger charge is -2.25. The quantitative estimate of drug-likeness (QED) is 0.612. The van der Waals surface area contributed by atoms with Crippen LogP contribution in [0, 0.1) is 0 Å². The summed E-state index contributed by atoms with van der Waals surface area (Å²) in [5.41, 5.74) is 5.27. The molecule has 0 saturated carbocycles. The van der Waals surface area contributed by atoms with E-state index in [0.29, 0.717) is 25.4 Å². The molecule has 5 heteroatoms. The van der Waals surface area contributed by atoms with Gasteiger partial charge in [-0.3, -0.25) is 0 Å². The highest BCUT2D eigenvalue weighted by Crippen LogP contribution is 2.11. The minimum absolute atomic E-state index is 0.299. The van der Waals surface area contributed by atoms with Crippen molar-refractivity contribution in [2.75, 3.05) is 25.4 Å². The number of nitrogens with two attached hydrogens (primary N) is 1. The van der Waals surface area contributed by atoms with Crippen LogP contribution in [-0.4, -0.2) is 38.1 Å². The van der Waals surface area contributed by atoms with Gasteiger partial charge < -0.3 is 5.73 Å². The van der Waals surface area contributed by atoms with Gasteiger partial charge in [-0.05, 0) is 12.8 Å². The Balaban J connectivity index is 2.60. The molecule has 0 spiro atoms. The zero-order valence-electron chi connectivity index (χ0n) is 6.49. The molecule has 1 saturated heterocycles. The van der Waals surface area contributed by atoms with Gasteiger partial charge in [0.1, 0.15) is 0 Å². The summed E-state index contributed by atoms with van der Waals surface area (Å²) < 4.78 is 24.0. The van der Waals surface area contributed by atoms with Crippen molar-refractivity contribution in [3.63, 3.8) is 0 Å². The van der Waals surface area contributed by atoms with Crippen LogP contribution in [-0.2, 0) is 10.0 Å². The van der Waals surface area contributed by atoms with Gasteiger partial charge in [-0.1, -0.05) is 0 Å². The summed E-state index contributed by atoms with van der Waals surface area (Å²) in [7, 11) is -2.93. The van der Waals surface area contributed by atoms with Crippen molar-refractivity contribution in [1.29, 1.82) is 0 Å². The van der Waals surface area contributed by atoms with Crippen LogP contribution in [0.3, 0.4) is 0 Å². The average Bonchev–Trinajstić information content (AvgIpc) is 1.94. The molecule has 0 aliphatic carbocycles. The van der Waals surface area contributed by atoms with Gasteiger partial charge in [0.25, 0.3) is 0 Å². The first-order chi connectivity index (χ1) is 5.17. The van der Waals surface area contributed by atoms with E-state index in [4.69, 9.17) is 5.73 Å². The van der Waals surface area contributed by atoms with Crippen molar-refractivity contribution in [1.82, 2.24) is 4.31 Å². The summed E-state index contributed by atoms with van der Waals surface area (Å²) >= 11 is 0. The summed E-state index contributed by atoms with van der Waals surface area (Å²) in [5, 5.41) is 0. The van der Waals surface area contributed by atoms with Gasteiger partial charge in [0.2, 0.25) is 10.0 Å². The lowest BCUT2D eigenvalue weighted by Crippen LogP contribution is -2.40. The van der Waals surface area contributed by atoms with E-state index in [-0.39, 0.29) is 0 Å². The first-order valence-corrected chi connectivity index (χ1v) is 5.45. The van der Waals surface area contributed by atoms with E-state index in [9.17, 15) is 8.42 Å². The van der Waals surface area contributed by atoms with Crippen molar-refractivity contribution >= 4 is 10.0 Å². The summed E-state index contributed by atoms with van der Waals surface area (Å²) in [6, 6.07) is 0. The fourth-order valence-electron chi connectivity index (χ4n) is 1.24. The Labute approximate surface area is 67.4 Å². The summed E-state index contributed by atoms with van der Waals surface area (Å²) in [6.07, 6.45) is 1.77. The minimum Gasteiger partial charge on any atom is -0.329 e. The van der Waals surface area contributed by atoms with Crippen LogP contribution >= 0.6 is 0 Å². The van der Waals surface area contributed by atoms with E-state index < -0.39 is 10.0 Å². The maximum atomic E-state index is 11.2. The molecule has 0 aromatic carbocycles. The SMILES string of the molecule is NCCN1CCCCS1(=O)=O. The van der Waals surface area contributed by atoms with Crippen LogP contribution in [0.15, 0.2) is 0 Å². The molecule has 11 heavy (non-hydrogen) atoms. The Morgan fingerprint density at radius 2 is 2.09 bits per heavy atom. The molecular formula is C6H14N2O2S. The molecule has 0 aromatic rings. The zero-order chi connectivity index (χ0) is 8.32. The largest absolute Gasteiger partial charge is 0.329 e. The molecular weight excluding hydrogens is 164 g/mol. The van der Waals surface area contributed by atoms with Crippen molar-refractivity contribution in [3.05, 3.63) is 0 Å². The van der Waals surface area contributed by atoms with Gasteiger partial charge >= 0.3 is 0 Å². The average molecular weight is 178 g/mol. The highest BCUT2D eigenvalue weighted by molar-refractivity contribution is 7.89. The molecule has 0 bridgehead atoms. The van der Waals surface area contributed by atoms with E-state index in [0.717, 1.165) is 12.8 Å². The number of hydrogen-bond donors (Lipinski definition) is 1. The molecule has 4 nitrogen and oxygen atoms in total. The Hall–Kier alpha value is -0.130. The molecule has 0 unspecified atom stereocenters. The van der Waals surface area contributed by atoms with Crippen LogP contribution in [0.25, 0.3) is 0 Å². The fourth-order valence-corrected chi connectivity index (χ4v) is 2.85. The van der Waals surface area contributed by atoms with E-state index >= 15 is 0 Å². The monoisotopic (exact) mass is 178 g/mol. The molecule has 1 heterocycles. The van der Waals surface area contributed by atoms with Crippen LogP contribution in [0.2, 0.25) is 0 Å². The predicted molar refractivity (Wildman–Crippen MR) is 43.6 cm³/mol. The van der Waals surface area contributed by atoms with E-state index in [1.165, 1.54) is 4.31 Å². The van der Waals surface area contributed by atoms with E-state index in [1.807, 2.05) is 0 Å². The molecule has 66 valence electrons. The van der Waals surface area contributed by atoms with Crippen LogP contribution in [0.4, 0.5) is 0 Å². The predicted octanol–water partition coefficient (Wildman–Crippen LogP) is -0.629. The maximum absolute atomic E-state index is 11.2. The first-order valence-electron chi connectivity index (χ1n) is 3.85. The van der Waals surface area contributed by atoms with Crippen LogP contribution in [0.5, 0.6) is 0 Å². The Kier molecular flexibility index (Phi) is 2.86. The molecule has 0 atom stereocenters. The first kappa shape index (κ1) is 8.96. The summed E-state index contributed by atoms with van der Waals surface area (Å²) in [6.45, 7) is 1.54. The van der Waals surface area contributed by atoms with Gasteiger partial charge in [-0.15, -0.1) is 0 Å². The topological polar surface area (TPSA) is 63.4 Å². The van der Waals surface area contributed by atoms with Crippen molar-refractivity contribution < 1.29 is 8.42 Å². The van der Waals surface area contributed by atoms with Gasteiger partial charge in [0, 0.05) is 19.6 Å². The highest BCUT2D eigenvalue weighted by atomic mass is 32.2. The van der Waals surface area contributed by atoms with E-state index in [2.05, 4.69) is 0 Å². The second kappa shape index (κ2) is 3.51. The fraction of sp³-hybridized carbons (Fsp3) is 1.00. The molecule has 1 rings (SSSR count). The molecule has 1 aliphatic heterocycles. The third-order valence-electron chi connectivity index (χ3n) is 1.83. The molecule has 0 radical (unpaired) electrons. The number of rotatable bonds is 2. The second-order valence-corrected chi connectivity index (χ2v) is 4.80. The lowest BCUT2D eigenvalue weighted by atomic mass is 10.3. The van der Waals surface area contributed by atoms with Gasteiger partial charge in [-0.25, -0.2) is 12.7 Å². The van der Waals surface area contributed by atoms with Crippen molar-refractivity contribution in [3.8, 4) is 0 Å². The molecule has 0 aromatic heterocycles. The maximum Gasteiger partial charge on any atom is 0.214 e. The zero-order valence-corrected chi connectivity index (χ0v) is 7.31. The normalized spacial score (nSPS) is 25.2. The highest BCUT2D eigenvalue weighted by Gasteiger charge is 2.24. The third-order valence-corrected chi connectivity index (χ3v) is 3.79. The Bertz CT molecular complexity index is 211. The van der Waals surface area contributed by atoms with Crippen LogP contribution in [0.1, 0.15) is 12.8 Å². The number of hydrogen-bond acceptors (Lipinski definition) is 3. The summed E-state index contributed by atoms with van der Waals surface area (Å²) in [4.78, 5) is 0. The van der Waals surface area contributed by atoms with E-state index in [1.54, 1.807) is 0 Å². The van der Waals surface area contributed by atoms with Crippen molar-refractivity contribution in [2.45, 2.75) is 12.8 Å². The summed E-state index contributed by atoms with van der Waals surface area (Å²) in [5.74, 6) is 0.299. The Morgan fingerprint density at radius 1 is 1.36 bits per heavy atom.